The van der Waals surface area contributed by atoms with Crippen LogP contribution in [0.15, 0.2) is 30.5 Å². The number of aromatic nitrogens is 1. The number of nitrogens with one attached hydrogen (secondary N) is 1. The van der Waals surface area contributed by atoms with Gasteiger partial charge in [0.15, 0.2) is 0 Å². The van der Waals surface area contributed by atoms with Crippen molar-refractivity contribution < 1.29 is 4.79 Å². The van der Waals surface area contributed by atoms with E-state index >= 15 is 0 Å². The summed E-state index contributed by atoms with van der Waals surface area (Å²) in [6, 6.07) is 7.09. The molecule has 124 valence electrons. The molecule has 4 nitrogen and oxygen atoms in total. The Hall–Kier alpha value is -1.49. The Morgan fingerprint density at radius 1 is 1.17 bits per heavy atom. The van der Waals surface area contributed by atoms with E-state index in [0.29, 0.717) is 20.9 Å². The number of halogens is 3. The number of fused-ring (bicyclic) bond motifs is 4. The molecular weight excluding hydrogens is 369 g/mol. The van der Waals surface area contributed by atoms with E-state index in [2.05, 4.69) is 10.3 Å². The molecule has 1 fully saturated rings. The fourth-order valence-corrected chi connectivity index (χ4v) is 4.15. The minimum absolute atomic E-state index is 0.0475. The smallest absolute Gasteiger partial charge is 0.314 e. The summed E-state index contributed by atoms with van der Waals surface area (Å²) in [5, 5.41) is 4.30. The van der Waals surface area contributed by atoms with Crippen molar-refractivity contribution in [2.24, 2.45) is 0 Å². The van der Waals surface area contributed by atoms with Gasteiger partial charge in [-0.25, -0.2) is 9.78 Å². The molecule has 0 unspecified atom stereocenters. The summed E-state index contributed by atoms with van der Waals surface area (Å²) in [5.74, 6) is 0. The molecular formula is C17H14Cl3N3O. The molecule has 1 aromatic carbocycles. The highest BCUT2D eigenvalue weighted by Gasteiger charge is 2.42. The van der Waals surface area contributed by atoms with Crippen LogP contribution in [-0.2, 0) is 6.42 Å². The fourth-order valence-electron chi connectivity index (χ4n) is 3.67. The molecule has 2 aromatic rings. The van der Waals surface area contributed by atoms with Gasteiger partial charge in [0, 0.05) is 17.9 Å². The Kier molecular flexibility index (Phi) is 4.07. The highest BCUT2D eigenvalue weighted by molar-refractivity contribution is 6.42. The summed E-state index contributed by atoms with van der Waals surface area (Å²) >= 11 is 17.9. The fraction of sp³-hybridized carbons (Fsp3) is 0.294. The molecule has 0 aliphatic carbocycles. The van der Waals surface area contributed by atoms with Crippen LogP contribution in [0, 0.1) is 0 Å². The van der Waals surface area contributed by atoms with Gasteiger partial charge in [-0.2, -0.15) is 0 Å². The van der Waals surface area contributed by atoms with Gasteiger partial charge in [-0.3, -0.25) is 0 Å². The summed E-state index contributed by atoms with van der Waals surface area (Å²) in [6.45, 7) is 0. The molecule has 0 radical (unpaired) electrons. The van der Waals surface area contributed by atoms with E-state index in [1.54, 1.807) is 24.4 Å². The molecule has 2 atom stereocenters. The first-order chi connectivity index (χ1) is 11.5. The molecule has 1 saturated heterocycles. The lowest BCUT2D eigenvalue weighted by molar-refractivity contribution is 0.179. The maximum Gasteiger partial charge on any atom is 0.322 e. The number of carbonyl (C=O) groups excluding carboxylic acids is 1. The van der Waals surface area contributed by atoms with Crippen LogP contribution < -0.4 is 5.32 Å². The summed E-state index contributed by atoms with van der Waals surface area (Å²) in [5.41, 5.74) is 2.92. The van der Waals surface area contributed by atoms with Crippen LogP contribution in [0.4, 0.5) is 10.5 Å². The van der Waals surface area contributed by atoms with Gasteiger partial charge in [0.05, 0.1) is 16.1 Å². The molecule has 0 saturated carbocycles. The van der Waals surface area contributed by atoms with Gasteiger partial charge in [0.1, 0.15) is 5.15 Å². The number of anilines is 1. The number of rotatable bonds is 1. The van der Waals surface area contributed by atoms with Crippen molar-refractivity contribution >= 4 is 46.5 Å². The minimum atomic E-state index is -0.124. The molecule has 1 aromatic heterocycles. The van der Waals surface area contributed by atoms with E-state index in [0.717, 1.165) is 24.8 Å². The summed E-state index contributed by atoms with van der Waals surface area (Å²) in [7, 11) is 0. The normalized spacial score (nSPS) is 21.5. The van der Waals surface area contributed by atoms with E-state index in [-0.39, 0.29) is 18.1 Å². The van der Waals surface area contributed by atoms with E-state index in [1.807, 2.05) is 11.0 Å². The van der Waals surface area contributed by atoms with Crippen LogP contribution in [0.2, 0.25) is 15.2 Å². The van der Waals surface area contributed by atoms with E-state index in [4.69, 9.17) is 34.8 Å². The highest BCUT2D eigenvalue weighted by atomic mass is 35.5. The first-order valence-corrected chi connectivity index (χ1v) is 8.85. The lowest BCUT2D eigenvalue weighted by atomic mass is 9.95. The van der Waals surface area contributed by atoms with Crippen LogP contribution in [0.5, 0.6) is 0 Å². The van der Waals surface area contributed by atoms with Gasteiger partial charge >= 0.3 is 6.03 Å². The Bertz CT molecular complexity index is 827. The van der Waals surface area contributed by atoms with Gasteiger partial charge in [-0.15, -0.1) is 0 Å². The molecule has 2 bridgehead atoms. The lowest BCUT2D eigenvalue weighted by Crippen LogP contribution is -2.44. The van der Waals surface area contributed by atoms with Crippen LogP contribution in [0.3, 0.4) is 0 Å². The predicted octanol–water partition coefficient (Wildman–Crippen LogP) is 5.34. The zero-order valence-corrected chi connectivity index (χ0v) is 14.9. The molecule has 2 amide bonds. The number of hydrogen-bond donors (Lipinski definition) is 1. The number of nitrogens with zero attached hydrogens (tertiary/aromatic N) is 2. The average molecular weight is 383 g/mol. The molecule has 24 heavy (non-hydrogen) atoms. The number of carbonyl (C=O) groups is 1. The maximum atomic E-state index is 12.8. The number of hydrogen-bond acceptors (Lipinski definition) is 2. The molecule has 0 spiro atoms. The third kappa shape index (κ3) is 2.73. The van der Waals surface area contributed by atoms with Gasteiger partial charge in [0.2, 0.25) is 0 Å². The summed E-state index contributed by atoms with van der Waals surface area (Å²) in [4.78, 5) is 18.9. The highest BCUT2D eigenvalue weighted by Crippen LogP contribution is 2.44. The Morgan fingerprint density at radius 2 is 2.00 bits per heavy atom. The standard InChI is InChI=1S/C17H14Cl3N3O/c18-13-3-1-10(7-14(13)19)22-17(24)23-11-2-4-15(23)12-8-21-16(20)6-9(12)5-11/h1,3,6-8,11,15H,2,4-5H2,(H,22,24)/t11-,15+/m1/s1. The molecule has 1 N–H and O–H groups in total. The predicted molar refractivity (Wildman–Crippen MR) is 96.0 cm³/mol. The molecule has 7 heteroatoms. The van der Waals surface area contributed by atoms with Gasteiger partial charge in [0.25, 0.3) is 0 Å². The molecule has 2 aliphatic rings. The zero-order valence-electron chi connectivity index (χ0n) is 12.6. The molecule has 2 aliphatic heterocycles. The number of pyridine rings is 1. The van der Waals surface area contributed by atoms with Crippen molar-refractivity contribution in [3.8, 4) is 0 Å². The Morgan fingerprint density at radius 3 is 2.79 bits per heavy atom. The van der Waals surface area contributed by atoms with Crippen LogP contribution in [0.1, 0.15) is 30.0 Å². The second-order valence-electron chi connectivity index (χ2n) is 6.12. The number of benzene rings is 1. The Labute approximate surface area is 154 Å². The van der Waals surface area contributed by atoms with Gasteiger partial charge in [-0.05, 0) is 54.7 Å². The van der Waals surface area contributed by atoms with E-state index < -0.39 is 0 Å². The SMILES string of the molecule is O=C(Nc1ccc(Cl)c(Cl)c1)N1[C@@H]2CC[C@H]1c1cnc(Cl)cc1C2. The topological polar surface area (TPSA) is 45.2 Å². The lowest BCUT2D eigenvalue weighted by Gasteiger charge is -2.36. The zero-order chi connectivity index (χ0) is 16.8. The Balaban J connectivity index is 1.59. The van der Waals surface area contributed by atoms with Crippen LogP contribution in [-0.4, -0.2) is 22.0 Å². The van der Waals surface area contributed by atoms with Crippen molar-refractivity contribution in [3.05, 3.63) is 56.8 Å². The van der Waals surface area contributed by atoms with E-state index in [1.165, 1.54) is 5.56 Å². The second-order valence-corrected chi connectivity index (χ2v) is 7.32. The van der Waals surface area contributed by atoms with Crippen molar-refractivity contribution in [2.45, 2.75) is 31.3 Å². The minimum Gasteiger partial charge on any atom is -0.314 e. The first kappa shape index (κ1) is 16.0. The van der Waals surface area contributed by atoms with Crippen LogP contribution >= 0.6 is 34.8 Å². The number of amides is 2. The largest absolute Gasteiger partial charge is 0.322 e. The van der Waals surface area contributed by atoms with Crippen molar-refractivity contribution in [2.75, 3.05) is 5.32 Å². The van der Waals surface area contributed by atoms with Crippen molar-refractivity contribution in [1.29, 1.82) is 0 Å². The monoisotopic (exact) mass is 381 g/mol. The third-order valence-corrected chi connectivity index (χ3v) is 5.66. The third-order valence-electron chi connectivity index (χ3n) is 4.71. The van der Waals surface area contributed by atoms with E-state index in [9.17, 15) is 4.79 Å². The van der Waals surface area contributed by atoms with Gasteiger partial charge in [-0.1, -0.05) is 34.8 Å². The summed E-state index contributed by atoms with van der Waals surface area (Å²) < 4.78 is 0. The molecule has 4 rings (SSSR count). The van der Waals surface area contributed by atoms with Crippen molar-refractivity contribution in [1.82, 2.24) is 9.88 Å². The van der Waals surface area contributed by atoms with Crippen LogP contribution in [0.25, 0.3) is 0 Å². The quantitative estimate of drug-likeness (QED) is 0.677. The van der Waals surface area contributed by atoms with Gasteiger partial charge < -0.3 is 10.2 Å². The number of urea groups is 1. The second kappa shape index (κ2) is 6.10. The summed E-state index contributed by atoms with van der Waals surface area (Å²) in [6.07, 6.45) is 4.52. The average Bonchev–Trinajstić information content (AvgIpc) is 2.86. The first-order valence-electron chi connectivity index (χ1n) is 7.71. The maximum absolute atomic E-state index is 12.8. The molecule has 3 heterocycles. The van der Waals surface area contributed by atoms with Crippen molar-refractivity contribution in [3.63, 3.8) is 0 Å².